The summed E-state index contributed by atoms with van der Waals surface area (Å²) >= 11 is 1.60. The van der Waals surface area contributed by atoms with Crippen molar-refractivity contribution in [2.75, 3.05) is 19.9 Å². The molecule has 1 rings (SSSR count). The van der Waals surface area contributed by atoms with Crippen LogP contribution in [-0.2, 0) is 15.3 Å². The predicted molar refractivity (Wildman–Crippen MR) is 60.3 cm³/mol. The highest BCUT2D eigenvalue weighted by atomic mass is 32.2. The van der Waals surface area contributed by atoms with Crippen LogP contribution in [0.4, 0.5) is 0 Å². The highest BCUT2D eigenvalue weighted by Gasteiger charge is 2.12. The van der Waals surface area contributed by atoms with E-state index < -0.39 is 11.9 Å². The number of carbonyl (C=O) groups is 2. The van der Waals surface area contributed by atoms with Crippen LogP contribution in [0.3, 0.4) is 0 Å². The van der Waals surface area contributed by atoms with Gasteiger partial charge >= 0.3 is 5.97 Å². The lowest BCUT2D eigenvalue weighted by Gasteiger charge is -2.00. The quantitative estimate of drug-likeness (QED) is 0.783. The molecule has 16 heavy (non-hydrogen) atoms. The van der Waals surface area contributed by atoms with Gasteiger partial charge in [-0.05, 0) is 18.4 Å². The van der Waals surface area contributed by atoms with Gasteiger partial charge in [0.25, 0.3) is 5.91 Å². The van der Waals surface area contributed by atoms with Crippen molar-refractivity contribution in [2.45, 2.75) is 5.75 Å². The van der Waals surface area contributed by atoms with E-state index in [4.69, 9.17) is 4.42 Å². The Morgan fingerprint density at radius 3 is 2.88 bits per heavy atom. The number of nitrogens with one attached hydrogen (secondary N) is 1. The minimum Gasteiger partial charge on any atom is -0.468 e. The first-order valence-corrected chi connectivity index (χ1v) is 5.99. The van der Waals surface area contributed by atoms with Crippen LogP contribution in [-0.4, -0.2) is 31.8 Å². The monoisotopic (exact) mass is 243 g/mol. The molecule has 88 valence electrons. The molecule has 0 spiro atoms. The van der Waals surface area contributed by atoms with E-state index in [-0.39, 0.29) is 12.3 Å². The molecule has 0 bridgehead atoms. The van der Waals surface area contributed by atoms with Crippen LogP contribution in [0.25, 0.3) is 0 Å². The van der Waals surface area contributed by atoms with Gasteiger partial charge in [0, 0.05) is 0 Å². The van der Waals surface area contributed by atoms with E-state index >= 15 is 0 Å². The molecule has 1 aromatic heterocycles. The van der Waals surface area contributed by atoms with Crippen LogP contribution >= 0.6 is 11.8 Å². The predicted octanol–water partition coefficient (Wildman–Crippen LogP) is 1.05. The Labute approximate surface area is 97.5 Å². The van der Waals surface area contributed by atoms with Gasteiger partial charge in [0.15, 0.2) is 5.76 Å². The van der Waals surface area contributed by atoms with Crippen LogP contribution in [0.2, 0.25) is 0 Å². The van der Waals surface area contributed by atoms with E-state index in [1.165, 1.54) is 7.11 Å². The summed E-state index contributed by atoms with van der Waals surface area (Å²) in [5.41, 5.74) is 0. The summed E-state index contributed by atoms with van der Waals surface area (Å²) in [4.78, 5) is 22.2. The fourth-order valence-corrected chi connectivity index (χ4v) is 1.47. The summed E-state index contributed by atoms with van der Waals surface area (Å²) in [6.07, 6.45) is 1.94. The number of ether oxygens (including phenoxy) is 1. The molecule has 1 heterocycles. The van der Waals surface area contributed by atoms with Crippen LogP contribution in [0.15, 0.2) is 16.5 Å². The van der Waals surface area contributed by atoms with Crippen molar-refractivity contribution in [3.63, 3.8) is 0 Å². The SMILES string of the molecule is COC(=O)CNC(=O)c1ccc(CSC)o1. The lowest BCUT2D eigenvalue weighted by molar-refractivity contribution is -0.139. The average molecular weight is 243 g/mol. The number of thioether (sulfide) groups is 1. The zero-order chi connectivity index (χ0) is 12.0. The number of carbonyl (C=O) groups excluding carboxylic acids is 2. The highest BCUT2D eigenvalue weighted by Crippen LogP contribution is 2.13. The standard InChI is InChI=1S/C10H13NO4S/c1-14-9(12)5-11-10(13)8-4-3-7(15-8)6-16-2/h3-4H,5-6H2,1-2H3,(H,11,13). The molecule has 0 unspecified atom stereocenters. The lowest BCUT2D eigenvalue weighted by Crippen LogP contribution is -2.29. The number of esters is 1. The molecule has 1 N–H and O–H groups in total. The van der Waals surface area contributed by atoms with Crippen LogP contribution in [0.5, 0.6) is 0 Å². The second-order valence-corrected chi connectivity index (χ2v) is 3.82. The van der Waals surface area contributed by atoms with Crippen LogP contribution in [0.1, 0.15) is 16.3 Å². The molecule has 1 amide bonds. The molecule has 0 aromatic carbocycles. The van der Waals surface area contributed by atoms with Crippen molar-refractivity contribution in [3.05, 3.63) is 23.7 Å². The number of methoxy groups -OCH3 is 1. The Morgan fingerprint density at radius 2 is 2.25 bits per heavy atom. The molecule has 0 aliphatic carbocycles. The third kappa shape index (κ3) is 3.62. The van der Waals surface area contributed by atoms with Gasteiger partial charge in [-0.2, -0.15) is 11.8 Å². The Kier molecular flexibility index (Phi) is 4.91. The molecule has 0 saturated carbocycles. The Morgan fingerprint density at radius 1 is 1.50 bits per heavy atom. The Hall–Kier alpha value is -1.43. The topological polar surface area (TPSA) is 68.5 Å². The molecule has 0 fully saturated rings. The summed E-state index contributed by atoms with van der Waals surface area (Å²) in [5, 5.41) is 2.39. The van der Waals surface area contributed by atoms with Gasteiger partial charge in [-0.15, -0.1) is 0 Å². The average Bonchev–Trinajstić information content (AvgIpc) is 2.74. The number of hydrogen-bond acceptors (Lipinski definition) is 5. The third-order valence-corrected chi connectivity index (χ3v) is 2.37. The second-order valence-electron chi connectivity index (χ2n) is 2.96. The third-order valence-electron chi connectivity index (χ3n) is 1.79. The molecular weight excluding hydrogens is 230 g/mol. The second kappa shape index (κ2) is 6.22. The normalized spacial score (nSPS) is 9.88. The van der Waals surface area contributed by atoms with Gasteiger partial charge in [-0.3, -0.25) is 9.59 Å². The Balaban J connectivity index is 2.49. The fourth-order valence-electron chi connectivity index (χ4n) is 1.03. The molecule has 0 aliphatic rings. The van der Waals surface area contributed by atoms with Gasteiger partial charge in [-0.25, -0.2) is 0 Å². The van der Waals surface area contributed by atoms with E-state index in [1.807, 2.05) is 6.26 Å². The number of furan rings is 1. The van der Waals surface area contributed by atoms with Crippen molar-refractivity contribution in [2.24, 2.45) is 0 Å². The summed E-state index contributed by atoms with van der Waals surface area (Å²) in [5.74, 6) is 0.732. The molecule has 1 aromatic rings. The molecule has 0 saturated heterocycles. The summed E-state index contributed by atoms with van der Waals surface area (Å²) in [6, 6.07) is 3.32. The van der Waals surface area contributed by atoms with Crippen molar-refractivity contribution in [3.8, 4) is 0 Å². The minimum atomic E-state index is -0.496. The first-order chi connectivity index (χ1) is 7.67. The highest BCUT2D eigenvalue weighted by molar-refractivity contribution is 7.97. The van der Waals surface area contributed by atoms with Gasteiger partial charge < -0.3 is 14.5 Å². The van der Waals surface area contributed by atoms with E-state index in [1.54, 1.807) is 23.9 Å². The number of amides is 1. The number of hydrogen-bond donors (Lipinski definition) is 1. The maximum Gasteiger partial charge on any atom is 0.325 e. The first kappa shape index (κ1) is 12.6. The zero-order valence-electron chi connectivity index (χ0n) is 9.11. The molecule has 5 nitrogen and oxygen atoms in total. The van der Waals surface area contributed by atoms with Gasteiger partial charge in [0.05, 0.1) is 12.9 Å². The molecular formula is C10H13NO4S. The zero-order valence-corrected chi connectivity index (χ0v) is 9.93. The van der Waals surface area contributed by atoms with Gasteiger partial charge in [-0.1, -0.05) is 0 Å². The van der Waals surface area contributed by atoms with Crippen molar-refractivity contribution in [1.29, 1.82) is 0 Å². The van der Waals surface area contributed by atoms with E-state index in [9.17, 15) is 9.59 Å². The molecule has 6 heteroatoms. The molecule has 0 aliphatic heterocycles. The smallest absolute Gasteiger partial charge is 0.325 e. The Bertz CT molecular complexity index is 375. The largest absolute Gasteiger partial charge is 0.468 e. The van der Waals surface area contributed by atoms with Crippen molar-refractivity contribution in [1.82, 2.24) is 5.32 Å². The first-order valence-electron chi connectivity index (χ1n) is 4.60. The van der Waals surface area contributed by atoms with Crippen molar-refractivity contribution < 1.29 is 18.7 Å². The van der Waals surface area contributed by atoms with Crippen LogP contribution in [0, 0.1) is 0 Å². The van der Waals surface area contributed by atoms with E-state index in [0.29, 0.717) is 5.75 Å². The molecule has 0 atom stereocenters. The van der Waals surface area contributed by atoms with E-state index in [2.05, 4.69) is 10.1 Å². The lowest BCUT2D eigenvalue weighted by atomic mass is 10.4. The minimum absolute atomic E-state index is 0.159. The maximum absolute atomic E-state index is 11.5. The maximum atomic E-state index is 11.5. The summed E-state index contributed by atoms with van der Waals surface area (Å²) in [7, 11) is 1.26. The van der Waals surface area contributed by atoms with Gasteiger partial charge in [0.1, 0.15) is 12.3 Å². The van der Waals surface area contributed by atoms with Gasteiger partial charge in [0.2, 0.25) is 0 Å². The summed E-state index contributed by atoms with van der Waals surface area (Å²) in [6.45, 7) is -0.159. The van der Waals surface area contributed by atoms with E-state index in [0.717, 1.165) is 5.76 Å². The number of rotatable bonds is 5. The fraction of sp³-hybridized carbons (Fsp3) is 0.400. The van der Waals surface area contributed by atoms with Crippen molar-refractivity contribution >= 4 is 23.6 Å². The summed E-state index contributed by atoms with van der Waals surface area (Å²) < 4.78 is 9.66. The molecule has 0 radical (unpaired) electrons. The van der Waals surface area contributed by atoms with Crippen LogP contribution < -0.4 is 5.32 Å².